The van der Waals surface area contributed by atoms with Crippen molar-refractivity contribution in [1.29, 1.82) is 0 Å². The lowest BCUT2D eigenvalue weighted by molar-refractivity contribution is 0.282. The molecule has 1 aromatic carbocycles. The largest absolute Gasteiger partial charge is 0.392 e. The summed E-state index contributed by atoms with van der Waals surface area (Å²) in [4.78, 5) is 0. The lowest BCUT2D eigenvalue weighted by Gasteiger charge is -2.03. The second-order valence-electron chi connectivity index (χ2n) is 3.33. The fraction of sp³-hybridized carbons (Fsp3) is 0.167. The van der Waals surface area contributed by atoms with Crippen LogP contribution in [0.5, 0.6) is 0 Å². The Balaban J connectivity index is 2.10. The number of hydrogen-bond acceptors (Lipinski definition) is 1. The van der Waals surface area contributed by atoms with Gasteiger partial charge in [0.05, 0.1) is 6.61 Å². The molecule has 0 radical (unpaired) electrons. The first kappa shape index (κ1) is 9.03. The molecule has 0 saturated carbocycles. The summed E-state index contributed by atoms with van der Waals surface area (Å²) in [6, 6.07) is 12.0. The Labute approximate surface area is 83.4 Å². The molecule has 0 aliphatic heterocycles. The highest BCUT2D eigenvalue weighted by Gasteiger charge is 1.94. The number of aliphatic hydroxyl groups excluding tert-OH is 1. The highest BCUT2D eigenvalue weighted by atomic mass is 16.3. The number of aliphatic hydroxyl groups is 1. The fourth-order valence-electron chi connectivity index (χ4n) is 1.44. The van der Waals surface area contributed by atoms with E-state index in [0.717, 1.165) is 12.1 Å². The molecule has 0 saturated heterocycles. The van der Waals surface area contributed by atoms with E-state index in [9.17, 15) is 0 Å². The van der Waals surface area contributed by atoms with Gasteiger partial charge in [-0.1, -0.05) is 24.3 Å². The van der Waals surface area contributed by atoms with Crippen LogP contribution in [-0.4, -0.2) is 9.67 Å². The van der Waals surface area contributed by atoms with Crippen LogP contribution in [-0.2, 0) is 13.2 Å². The van der Waals surface area contributed by atoms with Gasteiger partial charge in [0, 0.05) is 18.9 Å². The van der Waals surface area contributed by atoms with Crippen LogP contribution >= 0.6 is 0 Å². The molecule has 1 heterocycles. The summed E-state index contributed by atoms with van der Waals surface area (Å²) in [6.07, 6.45) is 4.08. The van der Waals surface area contributed by atoms with E-state index in [-0.39, 0.29) is 6.61 Å². The predicted molar refractivity (Wildman–Crippen MR) is 55.9 cm³/mol. The average Bonchev–Trinajstić information content (AvgIpc) is 2.72. The Bertz CT molecular complexity index is 375. The van der Waals surface area contributed by atoms with E-state index in [1.54, 1.807) is 0 Å². The standard InChI is InChI=1S/C12H13NO/c14-10-12-5-3-11(4-6-12)9-13-7-1-2-8-13/h1-8,14H,9-10H2. The Morgan fingerprint density at radius 2 is 1.50 bits per heavy atom. The summed E-state index contributed by atoms with van der Waals surface area (Å²) in [6.45, 7) is 1.00. The predicted octanol–water partition coefficient (Wildman–Crippen LogP) is 2.03. The molecule has 2 heteroatoms. The second kappa shape index (κ2) is 4.11. The van der Waals surface area contributed by atoms with E-state index >= 15 is 0 Å². The van der Waals surface area contributed by atoms with Gasteiger partial charge in [-0.15, -0.1) is 0 Å². The van der Waals surface area contributed by atoms with Crippen molar-refractivity contribution in [2.75, 3.05) is 0 Å². The third kappa shape index (κ3) is 2.03. The Kier molecular flexibility index (Phi) is 2.65. The zero-order valence-corrected chi connectivity index (χ0v) is 7.93. The van der Waals surface area contributed by atoms with Crippen LogP contribution in [0.3, 0.4) is 0 Å². The van der Waals surface area contributed by atoms with Gasteiger partial charge < -0.3 is 9.67 Å². The third-order valence-corrected chi connectivity index (χ3v) is 2.24. The van der Waals surface area contributed by atoms with E-state index in [1.165, 1.54) is 5.56 Å². The van der Waals surface area contributed by atoms with E-state index in [0.29, 0.717) is 0 Å². The zero-order valence-electron chi connectivity index (χ0n) is 7.93. The van der Waals surface area contributed by atoms with Crippen LogP contribution in [0.1, 0.15) is 11.1 Å². The normalized spacial score (nSPS) is 10.4. The van der Waals surface area contributed by atoms with E-state index in [4.69, 9.17) is 5.11 Å². The van der Waals surface area contributed by atoms with Crippen molar-refractivity contribution in [2.45, 2.75) is 13.2 Å². The molecule has 1 N–H and O–H groups in total. The quantitative estimate of drug-likeness (QED) is 0.781. The van der Waals surface area contributed by atoms with E-state index in [2.05, 4.69) is 4.57 Å². The lowest BCUT2D eigenvalue weighted by Crippen LogP contribution is -1.96. The fourth-order valence-corrected chi connectivity index (χ4v) is 1.44. The van der Waals surface area contributed by atoms with Crippen molar-refractivity contribution in [3.05, 3.63) is 59.9 Å². The maximum Gasteiger partial charge on any atom is 0.0681 e. The minimum Gasteiger partial charge on any atom is -0.392 e. The highest BCUT2D eigenvalue weighted by molar-refractivity contribution is 5.22. The molecule has 0 atom stereocenters. The first-order valence-corrected chi connectivity index (χ1v) is 4.68. The first-order valence-electron chi connectivity index (χ1n) is 4.68. The molecular weight excluding hydrogens is 174 g/mol. The van der Waals surface area contributed by atoms with Crippen LogP contribution in [0.15, 0.2) is 48.8 Å². The highest BCUT2D eigenvalue weighted by Crippen LogP contribution is 2.06. The molecule has 0 amide bonds. The van der Waals surface area contributed by atoms with Crippen LogP contribution < -0.4 is 0 Å². The molecule has 2 nitrogen and oxygen atoms in total. The maximum atomic E-state index is 8.88. The lowest BCUT2D eigenvalue weighted by atomic mass is 10.1. The van der Waals surface area contributed by atoms with Gasteiger partial charge in [-0.3, -0.25) is 0 Å². The van der Waals surface area contributed by atoms with Crippen molar-refractivity contribution >= 4 is 0 Å². The number of hydrogen-bond donors (Lipinski definition) is 1. The minimum atomic E-state index is 0.115. The van der Waals surface area contributed by atoms with Gasteiger partial charge in [-0.2, -0.15) is 0 Å². The molecular formula is C12H13NO. The number of nitrogens with zero attached hydrogens (tertiary/aromatic N) is 1. The second-order valence-corrected chi connectivity index (χ2v) is 3.33. The molecule has 14 heavy (non-hydrogen) atoms. The monoisotopic (exact) mass is 187 g/mol. The summed E-state index contributed by atoms with van der Waals surface area (Å²) in [7, 11) is 0. The summed E-state index contributed by atoms with van der Waals surface area (Å²) >= 11 is 0. The topological polar surface area (TPSA) is 25.2 Å². The average molecular weight is 187 g/mol. The molecule has 0 fully saturated rings. The maximum absolute atomic E-state index is 8.88. The van der Waals surface area contributed by atoms with Crippen molar-refractivity contribution in [2.24, 2.45) is 0 Å². The van der Waals surface area contributed by atoms with E-state index in [1.807, 2.05) is 48.8 Å². The van der Waals surface area contributed by atoms with Crippen molar-refractivity contribution in [1.82, 2.24) is 4.57 Å². The molecule has 2 rings (SSSR count). The van der Waals surface area contributed by atoms with Crippen LogP contribution in [0, 0.1) is 0 Å². The molecule has 72 valence electrons. The molecule has 2 aromatic rings. The van der Waals surface area contributed by atoms with Crippen molar-refractivity contribution in [3.63, 3.8) is 0 Å². The smallest absolute Gasteiger partial charge is 0.0681 e. The minimum absolute atomic E-state index is 0.115. The van der Waals surface area contributed by atoms with Crippen LogP contribution in [0.4, 0.5) is 0 Å². The SMILES string of the molecule is OCc1ccc(Cn2cccc2)cc1. The molecule has 0 unspecified atom stereocenters. The zero-order chi connectivity index (χ0) is 9.80. The van der Waals surface area contributed by atoms with Crippen LogP contribution in [0.2, 0.25) is 0 Å². The third-order valence-electron chi connectivity index (χ3n) is 2.24. The molecule has 0 bridgehead atoms. The molecule has 0 spiro atoms. The van der Waals surface area contributed by atoms with Crippen LogP contribution in [0.25, 0.3) is 0 Å². The summed E-state index contributed by atoms with van der Waals surface area (Å²) in [5.41, 5.74) is 2.21. The Morgan fingerprint density at radius 1 is 0.929 bits per heavy atom. The molecule has 0 aliphatic rings. The van der Waals surface area contributed by atoms with Crippen molar-refractivity contribution < 1.29 is 5.11 Å². The molecule has 0 aliphatic carbocycles. The van der Waals surface area contributed by atoms with Gasteiger partial charge >= 0.3 is 0 Å². The number of aromatic nitrogens is 1. The van der Waals surface area contributed by atoms with Gasteiger partial charge in [-0.05, 0) is 23.3 Å². The van der Waals surface area contributed by atoms with Gasteiger partial charge in [0.15, 0.2) is 0 Å². The van der Waals surface area contributed by atoms with Gasteiger partial charge in [0.1, 0.15) is 0 Å². The summed E-state index contributed by atoms with van der Waals surface area (Å²) in [5, 5.41) is 8.88. The van der Waals surface area contributed by atoms with Gasteiger partial charge in [0.2, 0.25) is 0 Å². The Morgan fingerprint density at radius 3 is 2.07 bits per heavy atom. The van der Waals surface area contributed by atoms with Gasteiger partial charge in [0.25, 0.3) is 0 Å². The van der Waals surface area contributed by atoms with Gasteiger partial charge in [-0.25, -0.2) is 0 Å². The number of rotatable bonds is 3. The summed E-state index contributed by atoms with van der Waals surface area (Å²) in [5.74, 6) is 0. The Hall–Kier alpha value is -1.54. The van der Waals surface area contributed by atoms with Crippen molar-refractivity contribution in [3.8, 4) is 0 Å². The first-order chi connectivity index (χ1) is 6.88. The van der Waals surface area contributed by atoms with E-state index < -0.39 is 0 Å². The summed E-state index contributed by atoms with van der Waals surface area (Å²) < 4.78 is 2.12. The molecule has 1 aromatic heterocycles. The number of benzene rings is 1.